The Morgan fingerprint density at radius 1 is 1.44 bits per heavy atom. The van der Waals surface area contributed by atoms with Gasteiger partial charge >= 0.3 is 0 Å². The van der Waals surface area contributed by atoms with Crippen LogP contribution in [-0.2, 0) is 14.3 Å². The van der Waals surface area contributed by atoms with Crippen LogP contribution in [0.2, 0.25) is 0 Å². The summed E-state index contributed by atoms with van der Waals surface area (Å²) in [5.74, 6) is -0.205. The van der Waals surface area contributed by atoms with E-state index in [0.29, 0.717) is 12.6 Å². The second kappa shape index (κ2) is 5.67. The van der Waals surface area contributed by atoms with Crippen molar-refractivity contribution in [2.24, 2.45) is 5.73 Å². The Labute approximate surface area is 107 Å². The van der Waals surface area contributed by atoms with E-state index in [1.54, 1.807) is 4.90 Å². The van der Waals surface area contributed by atoms with Crippen LogP contribution in [0.4, 0.5) is 0 Å². The molecule has 1 saturated heterocycles. The van der Waals surface area contributed by atoms with Gasteiger partial charge in [0.2, 0.25) is 5.91 Å². The van der Waals surface area contributed by atoms with Crippen LogP contribution in [0.5, 0.6) is 0 Å². The summed E-state index contributed by atoms with van der Waals surface area (Å²) in [4.78, 5) is 25.8. The summed E-state index contributed by atoms with van der Waals surface area (Å²) in [5, 5.41) is 2.95. The number of ether oxygens (including phenoxy) is 1. The Hall–Kier alpha value is -1.14. The molecule has 0 aromatic carbocycles. The Balaban J connectivity index is 1.97. The van der Waals surface area contributed by atoms with Crippen molar-refractivity contribution in [2.45, 2.75) is 43.9 Å². The van der Waals surface area contributed by atoms with Crippen LogP contribution in [-0.4, -0.2) is 55.1 Å². The average molecular weight is 255 g/mol. The lowest BCUT2D eigenvalue weighted by atomic mass is 10.2. The normalized spacial score (nSPS) is 25.0. The molecule has 2 rings (SSSR count). The number of amides is 2. The first-order valence-corrected chi connectivity index (χ1v) is 6.51. The van der Waals surface area contributed by atoms with E-state index >= 15 is 0 Å². The zero-order valence-electron chi connectivity index (χ0n) is 10.7. The molecule has 6 heteroatoms. The molecule has 2 aliphatic rings. The predicted molar refractivity (Wildman–Crippen MR) is 65.8 cm³/mol. The van der Waals surface area contributed by atoms with Crippen molar-refractivity contribution in [3.8, 4) is 0 Å². The van der Waals surface area contributed by atoms with Gasteiger partial charge in [0.15, 0.2) is 0 Å². The molecule has 0 aromatic heterocycles. The Bertz CT molecular complexity index is 327. The lowest BCUT2D eigenvalue weighted by molar-refractivity contribution is -0.146. The number of hydrogen-bond acceptors (Lipinski definition) is 4. The zero-order valence-corrected chi connectivity index (χ0v) is 10.7. The molecule has 1 aliphatic carbocycles. The van der Waals surface area contributed by atoms with Gasteiger partial charge in [0.25, 0.3) is 5.91 Å². The Kier molecular flexibility index (Phi) is 4.19. The van der Waals surface area contributed by atoms with Gasteiger partial charge in [-0.3, -0.25) is 9.59 Å². The highest BCUT2D eigenvalue weighted by Gasteiger charge is 2.38. The minimum absolute atomic E-state index is 0.0322. The average Bonchev–Trinajstić information content (AvgIpc) is 3.04. The number of nitrogens with one attached hydrogen (secondary N) is 1. The molecule has 0 radical (unpaired) electrons. The van der Waals surface area contributed by atoms with E-state index in [1.165, 1.54) is 7.11 Å². The smallest absolute Gasteiger partial charge is 0.253 e. The molecule has 2 unspecified atom stereocenters. The van der Waals surface area contributed by atoms with E-state index in [4.69, 9.17) is 10.5 Å². The summed E-state index contributed by atoms with van der Waals surface area (Å²) in [6, 6.07) is -0.0231. The molecule has 102 valence electrons. The summed E-state index contributed by atoms with van der Waals surface area (Å²) in [6.45, 7) is 0.754. The van der Waals surface area contributed by atoms with Crippen LogP contribution >= 0.6 is 0 Å². The van der Waals surface area contributed by atoms with Gasteiger partial charge in [0, 0.05) is 26.2 Å². The third-order valence-corrected chi connectivity index (χ3v) is 3.54. The van der Waals surface area contributed by atoms with Crippen LogP contribution in [0.1, 0.15) is 25.7 Å². The topological polar surface area (TPSA) is 84.7 Å². The first-order valence-electron chi connectivity index (χ1n) is 6.51. The molecule has 2 atom stereocenters. The molecule has 1 saturated carbocycles. The molecular weight excluding hydrogens is 234 g/mol. The largest absolute Gasteiger partial charge is 0.370 e. The number of hydrogen-bond donors (Lipinski definition) is 2. The maximum absolute atomic E-state index is 12.2. The fourth-order valence-electron chi connectivity index (χ4n) is 2.31. The Morgan fingerprint density at radius 3 is 2.72 bits per heavy atom. The first kappa shape index (κ1) is 13.3. The summed E-state index contributed by atoms with van der Waals surface area (Å²) in [7, 11) is 1.46. The molecule has 2 amide bonds. The fourth-order valence-corrected chi connectivity index (χ4v) is 2.31. The van der Waals surface area contributed by atoms with Crippen molar-refractivity contribution in [1.29, 1.82) is 0 Å². The van der Waals surface area contributed by atoms with Gasteiger partial charge in [-0.2, -0.15) is 0 Å². The molecule has 1 aliphatic heterocycles. The third-order valence-electron chi connectivity index (χ3n) is 3.54. The predicted octanol–water partition coefficient (Wildman–Crippen LogP) is -0.770. The van der Waals surface area contributed by atoms with Crippen molar-refractivity contribution in [3.63, 3.8) is 0 Å². The fraction of sp³-hybridized carbons (Fsp3) is 0.833. The highest BCUT2D eigenvalue weighted by atomic mass is 16.5. The van der Waals surface area contributed by atoms with Gasteiger partial charge < -0.3 is 20.7 Å². The van der Waals surface area contributed by atoms with E-state index in [-0.39, 0.29) is 24.4 Å². The monoisotopic (exact) mass is 255 g/mol. The van der Waals surface area contributed by atoms with E-state index in [1.807, 2.05) is 0 Å². The molecule has 2 fully saturated rings. The van der Waals surface area contributed by atoms with Crippen molar-refractivity contribution >= 4 is 11.8 Å². The van der Waals surface area contributed by atoms with E-state index in [0.717, 1.165) is 25.7 Å². The maximum Gasteiger partial charge on any atom is 0.253 e. The summed E-state index contributed by atoms with van der Waals surface area (Å²) in [5.41, 5.74) is 5.49. The van der Waals surface area contributed by atoms with Crippen molar-refractivity contribution < 1.29 is 14.3 Å². The van der Waals surface area contributed by atoms with E-state index < -0.39 is 6.10 Å². The van der Waals surface area contributed by atoms with Crippen LogP contribution in [0.15, 0.2) is 0 Å². The zero-order chi connectivity index (χ0) is 13.1. The van der Waals surface area contributed by atoms with Gasteiger partial charge in [0.05, 0.1) is 0 Å². The molecule has 0 bridgehead atoms. The molecule has 0 spiro atoms. The second-order valence-electron chi connectivity index (χ2n) is 4.93. The highest BCUT2D eigenvalue weighted by molar-refractivity contribution is 5.90. The van der Waals surface area contributed by atoms with Crippen LogP contribution < -0.4 is 11.1 Å². The minimum atomic E-state index is -0.640. The number of nitrogens with two attached hydrogens (primary N) is 1. The lowest BCUT2D eigenvalue weighted by Crippen LogP contribution is -2.51. The number of nitrogens with zero attached hydrogens (tertiary/aromatic N) is 1. The molecule has 3 N–H and O–H groups in total. The van der Waals surface area contributed by atoms with Crippen molar-refractivity contribution in [1.82, 2.24) is 10.2 Å². The van der Waals surface area contributed by atoms with Crippen molar-refractivity contribution in [2.75, 3.05) is 20.2 Å². The third kappa shape index (κ3) is 2.81. The van der Waals surface area contributed by atoms with Gasteiger partial charge in [-0.15, -0.1) is 0 Å². The number of likely N-dealkylation sites (tertiary alicyclic amines) is 1. The molecule has 0 aromatic rings. The summed E-state index contributed by atoms with van der Waals surface area (Å²) >= 11 is 0. The van der Waals surface area contributed by atoms with Gasteiger partial charge in [0.1, 0.15) is 12.1 Å². The van der Waals surface area contributed by atoms with Crippen molar-refractivity contribution in [3.05, 3.63) is 0 Å². The molecule has 6 nitrogen and oxygen atoms in total. The number of methoxy groups -OCH3 is 1. The molecular formula is C12H21N3O3. The van der Waals surface area contributed by atoms with Gasteiger partial charge in [-0.05, 0) is 25.7 Å². The van der Waals surface area contributed by atoms with Gasteiger partial charge in [-0.25, -0.2) is 0 Å². The lowest BCUT2D eigenvalue weighted by Gasteiger charge is -2.27. The number of carbonyl (C=O) groups is 2. The van der Waals surface area contributed by atoms with E-state index in [2.05, 4.69) is 5.32 Å². The number of rotatable bonds is 5. The molecule has 18 heavy (non-hydrogen) atoms. The first-order chi connectivity index (χ1) is 8.67. The van der Waals surface area contributed by atoms with Crippen LogP contribution in [0, 0.1) is 0 Å². The van der Waals surface area contributed by atoms with Gasteiger partial charge in [-0.1, -0.05) is 0 Å². The minimum Gasteiger partial charge on any atom is -0.370 e. The summed E-state index contributed by atoms with van der Waals surface area (Å²) < 4.78 is 5.05. The Morgan fingerprint density at radius 2 is 2.17 bits per heavy atom. The van der Waals surface area contributed by atoms with Crippen LogP contribution in [0.25, 0.3) is 0 Å². The second-order valence-corrected chi connectivity index (χ2v) is 4.93. The maximum atomic E-state index is 12.2. The van der Waals surface area contributed by atoms with E-state index in [9.17, 15) is 9.59 Å². The quantitative estimate of drug-likeness (QED) is 0.675. The number of carbonyl (C=O) groups excluding carboxylic acids is 2. The summed E-state index contributed by atoms with van der Waals surface area (Å²) in [6.07, 6.45) is 3.05. The SMILES string of the molecule is COC(CN)C(=O)N1CCCC1C(=O)NC1CC1. The molecule has 1 heterocycles. The highest BCUT2D eigenvalue weighted by Crippen LogP contribution is 2.23. The standard InChI is InChI=1S/C12H21N3O3/c1-18-10(7-13)12(17)15-6-2-3-9(15)11(16)14-8-4-5-8/h8-10H,2-7,13H2,1H3,(H,14,16). The van der Waals surface area contributed by atoms with Crippen LogP contribution in [0.3, 0.4) is 0 Å².